The first kappa shape index (κ1) is 12.6. The van der Waals surface area contributed by atoms with Crippen molar-refractivity contribution in [2.75, 3.05) is 13.1 Å². The van der Waals surface area contributed by atoms with Gasteiger partial charge >= 0.3 is 0 Å². The highest BCUT2D eigenvalue weighted by atomic mass is 14.9. The lowest BCUT2D eigenvalue weighted by molar-refractivity contribution is 0.455. The molecule has 1 heteroatoms. The van der Waals surface area contributed by atoms with E-state index in [1.54, 1.807) is 5.56 Å². The summed E-state index contributed by atoms with van der Waals surface area (Å²) in [6.07, 6.45) is 5.30. The largest absolute Gasteiger partial charge is 0.316 e. The second kappa shape index (κ2) is 5.22. The fraction of sp³-hybridized carbons (Fsp3) is 0.625. The van der Waals surface area contributed by atoms with Crippen LogP contribution in [0.2, 0.25) is 0 Å². The van der Waals surface area contributed by atoms with E-state index in [0.717, 1.165) is 6.54 Å². The predicted molar refractivity (Wildman–Crippen MR) is 74.4 cm³/mol. The van der Waals surface area contributed by atoms with Crippen molar-refractivity contribution in [3.8, 4) is 0 Å². The maximum Gasteiger partial charge on any atom is 0.00110 e. The lowest BCUT2D eigenvalue weighted by Gasteiger charge is -2.17. The summed E-state index contributed by atoms with van der Waals surface area (Å²) in [5, 5.41) is 3.59. The van der Waals surface area contributed by atoms with Crippen molar-refractivity contribution in [1.29, 1.82) is 0 Å². The summed E-state index contributed by atoms with van der Waals surface area (Å²) in [5.74, 6) is 0. The van der Waals surface area contributed by atoms with Gasteiger partial charge in [0.05, 0.1) is 0 Å². The lowest BCUT2D eigenvalue weighted by Crippen LogP contribution is -2.26. The Morgan fingerprint density at radius 1 is 1.24 bits per heavy atom. The smallest absolute Gasteiger partial charge is 0.00110 e. The molecule has 0 amide bonds. The Labute approximate surface area is 106 Å². The van der Waals surface area contributed by atoms with Crippen LogP contribution in [0.3, 0.4) is 0 Å². The van der Waals surface area contributed by atoms with Crippen LogP contribution in [0.25, 0.3) is 0 Å². The summed E-state index contributed by atoms with van der Waals surface area (Å²) in [6.45, 7) is 9.03. The standard InChI is InChI=1S/C16H25N/c1-4-9-17-12-16(7-8-16)11-15-10-13(2)5-6-14(15)3/h5-6,10,17H,4,7-9,11-12H2,1-3H3. The zero-order chi connectivity index (χ0) is 12.3. The minimum Gasteiger partial charge on any atom is -0.316 e. The normalized spacial score (nSPS) is 17.1. The molecule has 0 radical (unpaired) electrons. The molecule has 0 atom stereocenters. The van der Waals surface area contributed by atoms with Crippen molar-refractivity contribution < 1.29 is 0 Å². The highest BCUT2D eigenvalue weighted by molar-refractivity contribution is 5.32. The molecule has 1 nitrogen and oxygen atoms in total. The average molecular weight is 231 g/mol. The van der Waals surface area contributed by atoms with Gasteiger partial charge in [-0.15, -0.1) is 0 Å². The summed E-state index contributed by atoms with van der Waals surface area (Å²) < 4.78 is 0. The SMILES string of the molecule is CCCNCC1(Cc2cc(C)ccc2C)CC1. The molecule has 0 bridgehead atoms. The molecule has 0 heterocycles. The van der Waals surface area contributed by atoms with Gasteiger partial charge in [0.1, 0.15) is 0 Å². The number of hydrogen-bond acceptors (Lipinski definition) is 1. The van der Waals surface area contributed by atoms with Gasteiger partial charge in [-0.2, -0.15) is 0 Å². The first-order valence-electron chi connectivity index (χ1n) is 6.92. The molecular weight excluding hydrogens is 206 g/mol. The molecule has 94 valence electrons. The Morgan fingerprint density at radius 2 is 2.00 bits per heavy atom. The minimum absolute atomic E-state index is 0.577. The van der Waals surface area contributed by atoms with Gasteiger partial charge in [-0.1, -0.05) is 30.7 Å². The van der Waals surface area contributed by atoms with Gasteiger partial charge in [0.2, 0.25) is 0 Å². The molecule has 2 rings (SSSR count). The van der Waals surface area contributed by atoms with Crippen molar-refractivity contribution >= 4 is 0 Å². The van der Waals surface area contributed by atoms with E-state index >= 15 is 0 Å². The maximum atomic E-state index is 3.59. The van der Waals surface area contributed by atoms with E-state index in [9.17, 15) is 0 Å². The number of hydrogen-bond donors (Lipinski definition) is 1. The van der Waals surface area contributed by atoms with E-state index in [-0.39, 0.29) is 0 Å². The molecule has 1 aliphatic carbocycles. The van der Waals surface area contributed by atoms with Gasteiger partial charge in [0, 0.05) is 6.54 Å². The molecule has 0 aromatic heterocycles. The Kier molecular flexibility index (Phi) is 3.88. The topological polar surface area (TPSA) is 12.0 Å². The van der Waals surface area contributed by atoms with Crippen molar-refractivity contribution in [2.45, 2.75) is 46.5 Å². The third kappa shape index (κ3) is 3.32. The molecule has 1 aliphatic rings. The van der Waals surface area contributed by atoms with Crippen LogP contribution in [-0.4, -0.2) is 13.1 Å². The third-order valence-electron chi connectivity index (χ3n) is 3.95. The summed E-state index contributed by atoms with van der Waals surface area (Å²) in [5.41, 5.74) is 4.98. The van der Waals surface area contributed by atoms with Gasteiger partial charge in [-0.3, -0.25) is 0 Å². The van der Waals surface area contributed by atoms with Crippen LogP contribution in [-0.2, 0) is 6.42 Å². The molecule has 1 fully saturated rings. The second-order valence-electron chi connectivity index (χ2n) is 5.78. The fourth-order valence-corrected chi connectivity index (χ4v) is 2.52. The molecule has 17 heavy (non-hydrogen) atoms. The van der Waals surface area contributed by atoms with Crippen LogP contribution < -0.4 is 5.32 Å². The van der Waals surface area contributed by atoms with Gasteiger partial charge in [-0.05, 0) is 62.6 Å². The van der Waals surface area contributed by atoms with E-state index in [0.29, 0.717) is 5.41 Å². The highest BCUT2D eigenvalue weighted by Gasteiger charge is 2.42. The van der Waals surface area contributed by atoms with Gasteiger partial charge in [-0.25, -0.2) is 0 Å². The van der Waals surface area contributed by atoms with Gasteiger partial charge < -0.3 is 5.32 Å². The van der Waals surface area contributed by atoms with Crippen molar-refractivity contribution in [3.63, 3.8) is 0 Å². The Morgan fingerprint density at radius 3 is 2.65 bits per heavy atom. The van der Waals surface area contributed by atoms with Crippen LogP contribution in [0, 0.1) is 19.3 Å². The molecule has 1 aromatic rings. The lowest BCUT2D eigenvalue weighted by atomic mass is 9.92. The first-order chi connectivity index (χ1) is 8.15. The molecular formula is C16H25N. The number of rotatable bonds is 6. The molecule has 1 aromatic carbocycles. The van der Waals surface area contributed by atoms with Crippen LogP contribution in [0.4, 0.5) is 0 Å². The van der Waals surface area contributed by atoms with E-state index in [4.69, 9.17) is 0 Å². The zero-order valence-corrected chi connectivity index (χ0v) is 11.5. The Balaban J connectivity index is 1.97. The highest BCUT2D eigenvalue weighted by Crippen LogP contribution is 2.48. The van der Waals surface area contributed by atoms with Crippen LogP contribution in [0.5, 0.6) is 0 Å². The minimum atomic E-state index is 0.577. The van der Waals surface area contributed by atoms with E-state index < -0.39 is 0 Å². The molecule has 0 unspecified atom stereocenters. The molecule has 0 spiro atoms. The van der Waals surface area contributed by atoms with Crippen molar-refractivity contribution in [2.24, 2.45) is 5.41 Å². The molecule has 0 aliphatic heterocycles. The Hall–Kier alpha value is -0.820. The third-order valence-corrected chi connectivity index (χ3v) is 3.95. The van der Waals surface area contributed by atoms with Gasteiger partial charge in [0.15, 0.2) is 0 Å². The predicted octanol–water partition coefficient (Wildman–Crippen LogP) is 3.63. The van der Waals surface area contributed by atoms with Crippen LogP contribution >= 0.6 is 0 Å². The van der Waals surface area contributed by atoms with Gasteiger partial charge in [0.25, 0.3) is 0 Å². The van der Waals surface area contributed by atoms with Crippen molar-refractivity contribution in [3.05, 3.63) is 34.9 Å². The summed E-state index contributed by atoms with van der Waals surface area (Å²) in [6, 6.07) is 6.85. The zero-order valence-electron chi connectivity index (χ0n) is 11.5. The number of benzene rings is 1. The Bertz CT molecular complexity index is 377. The maximum absolute atomic E-state index is 3.59. The quantitative estimate of drug-likeness (QED) is 0.737. The number of aryl methyl sites for hydroxylation is 2. The fourth-order valence-electron chi connectivity index (χ4n) is 2.52. The number of nitrogens with one attached hydrogen (secondary N) is 1. The molecule has 0 saturated heterocycles. The monoisotopic (exact) mass is 231 g/mol. The summed E-state index contributed by atoms with van der Waals surface area (Å²) in [7, 11) is 0. The van der Waals surface area contributed by atoms with E-state index in [1.165, 1.54) is 43.4 Å². The van der Waals surface area contributed by atoms with Crippen molar-refractivity contribution in [1.82, 2.24) is 5.32 Å². The summed E-state index contributed by atoms with van der Waals surface area (Å²) >= 11 is 0. The van der Waals surface area contributed by atoms with Crippen LogP contribution in [0.1, 0.15) is 42.9 Å². The van der Waals surface area contributed by atoms with E-state index in [1.807, 2.05) is 0 Å². The molecule has 1 saturated carbocycles. The second-order valence-corrected chi connectivity index (χ2v) is 5.78. The first-order valence-corrected chi connectivity index (χ1v) is 6.92. The van der Waals surface area contributed by atoms with E-state index in [2.05, 4.69) is 44.3 Å². The van der Waals surface area contributed by atoms with Crippen LogP contribution in [0.15, 0.2) is 18.2 Å². The molecule has 1 N–H and O–H groups in total. The average Bonchev–Trinajstić information content (AvgIpc) is 3.04. The summed E-state index contributed by atoms with van der Waals surface area (Å²) in [4.78, 5) is 0.